The number of nitrogens with zero attached hydrogens (tertiary/aromatic N) is 5. The van der Waals surface area contributed by atoms with Gasteiger partial charge in [0.15, 0.2) is 0 Å². The molecule has 158 valence electrons. The van der Waals surface area contributed by atoms with Crippen molar-refractivity contribution in [1.82, 2.24) is 24.9 Å². The number of aryl methyl sites for hydroxylation is 1. The molecule has 2 atom stereocenters. The molecular formula is C22H28N6O2. The summed E-state index contributed by atoms with van der Waals surface area (Å²) >= 11 is 0. The number of aliphatic imine (C=N–C) groups is 1. The third-order valence-electron chi connectivity index (χ3n) is 5.83. The summed E-state index contributed by atoms with van der Waals surface area (Å²) < 4.78 is 7.34. The van der Waals surface area contributed by atoms with Crippen molar-refractivity contribution in [2.45, 2.75) is 12.5 Å². The number of aromatic nitrogens is 2. The van der Waals surface area contributed by atoms with Gasteiger partial charge in [-0.1, -0.05) is 12.0 Å². The van der Waals surface area contributed by atoms with Gasteiger partial charge in [-0.2, -0.15) is 5.10 Å². The molecule has 2 unspecified atom stereocenters. The van der Waals surface area contributed by atoms with Gasteiger partial charge in [0, 0.05) is 51.4 Å². The minimum Gasteiger partial charge on any atom is -0.501 e. The average molecular weight is 409 g/mol. The van der Waals surface area contributed by atoms with Crippen LogP contribution in [-0.4, -0.2) is 84.2 Å². The molecule has 1 fully saturated rings. The molecule has 8 nitrogen and oxygen atoms in total. The Hall–Kier alpha value is -2.89. The van der Waals surface area contributed by atoms with Crippen LogP contribution in [0.15, 0.2) is 35.3 Å². The van der Waals surface area contributed by atoms with Crippen molar-refractivity contribution in [1.29, 1.82) is 0 Å². The number of hydrogen-bond acceptors (Lipinski definition) is 6. The summed E-state index contributed by atoms with van der Waals surface area (Å²) in [6, 6.07) is -0.0947. The van der Waals surface area contributed by atoms with E-state index in [-0.39, 0.29) is 17.9 Å². The predicted molar refractivity (Wildman–Crippen MR) is 115 cm³/mol. The Morgan fingerprint density at radius 2 is 2.07 bits per heavy atom. The highest BCUT2D eigenvalue weighted by Crippen LogP contribution is 2.39. The van der Waals surface area contributed by atoms with Gasteiger partial charge in [-0.05, 0) is 24.6 Å². The maximum absolute atomic E-state index is 12.3. The molecule has 1 aromatic rings. The first-order valence-corrected chi connectivity index (χ1v) is 10.3. The van der Waals surface area contributed by atoms with Gasteiger partial charge in [-0.25, -0.2) is 0 Å². The maximum atomic E-state index is 12.3. The number of likely N-dealkylation sites (N-methyl/N-ethyl adjacent to an activating group) is 1. The van der Waals surface area contributed by atoms with Gasteiger partial charge in [-0.15, -0.1) is 0 Å². The van der Waals surface area contributed by atoms with Crippen molar-refractivity contribution < 1.29 is 9.53 Å². The molecule has 1 aromatic heterocycles. The molecule has 8 heteroatoms. The Morgan fingerprint density at radius 1 is 1.27 bits per heavy atom. The minimum absolute atomic E-state index is 0.0730. The van der Waals surface area contributed by atoms with Crippen LogP contribution in [0, 0.1) is 17.8 Å². The molecule has 0 bridgehead atoms. The van der Waals surface area contributed by atoms with E-state index in [1.54, 1.807) is 11.8 Å². The number of allylic oxidation sites excluding steroid dienone is 2. The normalized spacial score (nSPS) is 24.2. The standard InChI is InChI=1S/C22H28N6O2/c1-26-9-11-28(12-10-26)8-4-5-21(29)24-20-13-18-19(30-3)7-6-17(22(18)25-20)16-14-23-27(2)15-16/h6-7,14-15,18,22H,8-13H2,1-3H3,(H,24,25,29). The van der Waals surface area contributed by atoms with Crippen LogP contribution in [0.3, 0.4) is 0 Å². The number of carbonyl (C=O) groups excluding carboxylic acids is 1. The number of nitrogens with one attached hydrogen (secondary N) is 1. The summed E-state index contributed by atoms with van der Waals surface area (Å²) in [5.41, 5.74) is 2.11. The zero-order valence-corrected chi connectivity index (χ0v) is 17.8. The summed E-state index contributed by atoms with van der Waals surface area (Å²) in [4.78, 5) is 21.7. The summed E-state index contributed by atoms with van der Waals surface area (Å²) in [6.07, 6.45) is 8.45. The first-order valence-electron chi connectivity index (χ1n) is 10.3. The minimum atomic E-state index is -0.309. The fraction of sp³-hybridized carbons (Fsp3) is 0.500. The predicted octanol–water partition coefficient (Wildman–Crippen LogP) is 0.501. The van der Waals surface area contributed by atoms with E-state index in [4.69, 9.17) is 9.73 Å². The Morgan fingerprint density at radius 3 is 2.77 bits per heavy atom. The van der Waals surface area contributed by atoms with Crippen molar-refractivity contribution in [2.24, 2.45) is 18.0 Å². The Bertz CT molecular complexity index is 956. The van der Waals surface area contributed by atoms with E-state index < -0.39 is 0 Å². The topological polar surface area (TPSA) is 75.0 Å². The summed E-state index contributed by atoms with van der Waals surface area (Å²) in [6.45, 7) is 4.66. The molecule has 1 saturated heterocycles. The first-order chi connectivity index (χ1) is 14.5. The molecule has 4 rings (SSSR count). The Kier molecular flexibility index (Phi) is 6.02. The van der Waals surface area contributed by atoms with E-state index in [1.807, 2.05) is 31.6 Å². The van der Waals surface area contributed by atoms with Crippen LogP contribution in [-0.2, 0) is 16.6 Å². The van der Waals surface area contributed by atoms with Gasteiger partial charge < -0.3 is 15.0 Å². The number of hydrogen-bond donors (Lipinski definition) is 1. The van der Waals surface area contributed by atoms with Crippen LogP contribution >= 0.6 is 0 Å². The van der Waals surface area contributed by atoms with E-state index in [2.05, 4.69) is 39.1 Å². The second kappa shape index (κ2) is 8.86. The van der Waals surface area contributed by atoms with E-state index in [1.165, 1.54) is 0 Å². The number of fused-ring (bicyclic) bond motifs is 1. The van der Waals surface area contributed by atoms with Crippen LogP contribution in [0.2, 0.25) is 0 Å². The summed E-state index contributed by atoms with van der Waals surface area (Å²) in [5, 5.41) is 7.15. The van der Waals surface area contributed by atoms with Crippen molar-refractivity contribution in [2.75, 3.05) is 46.9 Å². The average Bonchev–Trinajstić information content (AvgIpc) is 3.34. The van der Waals surface area contributed by atoms with Crippen LogP contribution in [0.5, 0.6) is 0 Å². The molecule has 1 N–H and O–H groups in total. The molecule has 1 aliphatic carbocycles. The maximum Gasteiger partial charge on any atom is 0.301 e. The monoisotopic (exact) mass is 408 g/mol. The van der Waals surface area contributed by atoms with Gasteiger partial charge in [0.1, 0.15) is 11.6 Å². The number of piperazine rings is 1. The molecular weight excluding hydrogens is 380 g/mol. The molecule has 0 radical (unpaired) electrons. The van der Waals surface area contributed by atoms with Crippen molar-refractivity contribution in [3.8, 4) is 11.8 Å². The lowest BCUT2D eigenvalue weighted by atomic mass is 9.85. The zero-order chi connectivity index (χ0) is 21.1. The molecule has 0 aromatic carbocycles. The number of rotatable bonds is 3. The number of amides is 1. The molecule has 0 saturated carbocycles. The zero-order valence-electron chi connectivity index (χ0n) is 17.8. The largest absolute Gasteiger partial charge is 0.501 e. The van der Waals surface area contributed by atoms with Crippen molar-refractivity contribution >= 4 is 17.3 Å². The van der Waals surface area contributed by atoms with E-state index >= 15 is 0 Å². The molecule has 3 heterocycles. The van der Waals surface area contributed by atoms with Crippen LogP contribution in [0.1, 0.15) is 12.0 Å². The number of amidine groups is 1. The molecule has 0 spiro atoms. The summed E-state index contributed by atoms with van der Waals surface area (Å²) in [7, 11) is 5.69. The highest BCUT2D eigenvalue weighted by molar-refractivity contribution is 6.07. The third kappa shape index (κ3) is 4.48. The first kappa shape index (κ1) is 20.4. The van der Waals surface area contributed by atoms with Crippen molar-refractivity contribution in [3.05, 3.63) is 35.9 Å². The number of methoxy groups -OCH3 is 1. The molecule has 1 amide bonds. The van der Waals surface area contributed by atoms with E-state index in [0.717, 1.165) is 43.1 Å². The van der Waals surface area contributed by atoms with Gasteiger partial charge in [0.2, 0.25) is 0 Å². The molecule has 2 aliphatic heterocycles. The fourth-order valence-electron chi connectivity index (χ4n) is 4.11. The van der Waals surface area contributed by atoms with Crippen LogP contribution in [0.4, 0.5) is 0 Å². The van der Waals surface area contributed by atoms with Crippen LogP contribution in [0.25, 0.3) is 5.57 Å². The Balaban J connectivity index is 1.40. The molecule has 3 aliphatic rings. The highest BCUT2D eigenvalue weighted by Gasteiger charge is 2.38. The van der Waals surface area contributed by atoms with Gasteiger partial charge in [0.05, 0.1) is 31.8 Å². The second-order valence-electron chi connectivity index (χ2n) is 7.96. The van der Waals surface area contributed by atoms with E-state index in [9.17, 15) is 4.79 Å². The smallest absolute Gasteiger partial charge is 0.301 e. The molecule has 30 heavy (non-hydrogen) atoms. The third-order valence-corrected chi connectivity index (χ3v) is 5.83. The lowest BCUT2D eigenvalue weighted by Gasteiger charge is -2.30. The van der Waals surface area contributed by atoms with Gasteiger partial charge in [0.25, 0.3) is 0 Å². The lowest BCUT2D eigenvalue weighted by Crippen LogP contribution is -2.44. The number of carbonyl (C=O) groups is 1. The van der Waals surface area contributed by atoms with Crippen molar-refractivity contribution in [3.63, 3.8) is 0 Å². The SMILES string of the molecule is COC1=CC=C(c2cnn(C)c2)C2N=C(NC(=O)C#CCN3CCN(C)CC3)CC12. The number of ether oxygens (including phenoxy) is 1. The Labute approximate surface area is 177 Å². The summed E-state index contributed by atoms with van der Waals surface area (Å²) in [5.74, 6) is 7.00. The van der Waals surface area contributed by atoms with Gasteiger partial charge in [-0.3, -0.25) is 19.4 Å². The van der Waals surface area contributed by atoms with E-state index in [0.29, 0.717) is 18.8 Å². The van der Waals surface area contributed by atoms with Crippen LogP contribution < -0.4 is 5.32 Å². The second-order valence-corrected chi connectivity index (χ2v) is 7.96. The fourth-order valence-corrected chi connectivity index (χ4v) is 4.11. The highest BCUT2D eigenvalue weighted by atomic mass is 16.5. The quantitative estimate of drug-likeness (QED) is 0.738. The van der Waals surface area contributed by atoms with Gasteiger partial charge >= 0.3 is 5.91 Å². The lowest BCUT2D eigenvalue weighted by molar-refractivity contribution is -0.114.